The highest BCUT2D eigenvalue weighted by molar-refractivity contribution is 5.79. The maximum atomic E-state index is 5.66. The van der Waals surface area contributed by atoms with Gasteiger partial charge >= 0.3 is 0 Å². The lowest BCUT2D eigenvalue weighted by Crippen LogP contribution is -2.36. The Bertz CT molecular complexity index is 747. The predicted octanol–water partition coefficient (Wildman–Crippen LogP) is 3.36. The molecule has 0 bridgehead atoms. The molecule has 2 aromatic rings. The van der Waals surface area contributed by atoms with Gasteiger partial charge in [-0.15, -0.1) is 0 Å². The Labute approximate surface area is 161 Å². The molecule has 0 radical (unpaired) electrons. The Morgan fingerprint density at radius 3 is 2.30 bits per heavy atom. The van der Waals surface area contributed by atoms with Crippen molar-refractivity contribution in [2.24, 2.45) is 4.99 Å². The second kappa shape index (κ2) is 11.0. The average molecular weight is 371 g/mol. The van der Waals surface area contributed by atoms with Gasteiger partial charge in [0.25, 0.3) is 0 Å². The number of benzene rings is 2. The number of para-hydroxylation sites is 1. The Kier molecular flexibility index (Phi) is 8.29. The Balaban J connectivity index is 1.95. The fourth-order valence-electron chi connectivity index (χ4n) is 2.63. The molecule has 0 aliphatic rings. The normalized spacial score (nSPS) is 11.0. The molecule has 0 saturated carbocycles. The third-order valence-electron chi connectivity index (χ3n) is 3.93. The van der Waals surface area contributed by atoms with Gasteiger partial charge in [-0.3, -0.25) is 4.99 Å². The van der Waals surface area contributed by atoms with Gasteiger partial charge in [-0.05, 0) is 37.6 Å². The molecule has 6 nitrogen and oxygen atoms in total. The van der Waals surface area contributed by atoms with Gasteiger partial charge in [0.15, 0.2) is 17.5 Å². The fraction of sp³-hybridized carbons (Fsp3) is 0.381. The van der Waals surface area contributed by atoms with E-state index < -0.39 is 0 Å². The number of hydrogen-bond acceptors (Lipinski definition) is 4. The lowest BCUT2D eigenvalue weighted by Gasteiger charge is -2.15. The van der Waals surface area contributed by atoms with E-state index >= 15 is 0 Å². The highest BCUT2D eigenvalue weighted by atomic mass is 16.5. The molecule has 0 unspecified atom stereocenters. The Morgan fingerprint density at radius 2 is 1.59 bits per heavy atom. The van der Waals surface area contributed by atoms with Crippen molar-refractivity contribution in [1.29, 1.82) is 0 Å². The molecule has 2 rings (SSSR count). The zero-order valence-corrected chi connectivity index (χ0v) is 16.5. The van der Waals surface area contributed by atoms with E-state index in [2.05, 4.69) is 15.6 Å². The van der Waals surface area contributed by atoms with Gasteiger partial charge in [0, 0.05) is 25.7 Å². The van der Waals surface area contributed by atoms with E-state index in [-0.39, 0.29) is 0 Å². The van der Waals surface area contributed by atoms with Crippen LogP contribution in [0.4, 0.5) is 0 Å². The minimum atomic E-state index is 0.593. The monoisotopic (exact) mass is 371 g/mol. The minimum Gasteiger partial charge on any atom is -0.494 e. The van der Waals surface area contributed by atoms with Crippen LogP contribution in [0.1, 0.15) is 25.0 Å². The largest absolute Gasteiger partial charge is 0.494 e. The number of ether oxygens (including phenoxy) is 3. The van der Waals surface area contributed by atoms with Crippen molar-refractivity contribution in [3.05, 3.63) is 53.6 Å². The first-order chi connectivity index (χ1) is 13.2. The van der Waals surface area contributed by atoms with Gasteiger partial charge < -0.3 is 24.8 Å². The Morgan fingerprint density at radius 1 is 0.889 bits per heavy atom. The van der Waals surface area contributed by atoms with Crippen molar-refractivity contribution in [2.45, 2.75) is 26.9 Å². The van der Waals surface area contributed by atoms with Crippen LogP contribution in [-0.4, -0.2) is 33.3 Å². The van der Waals surface area contributed by atoms with Crippen LogP contribution in [0, 0.1) is 0 Å². The number of hydrogen-bond donors (Lipinski definition) is 2. The highest BCUT2D eigenvalue weighted by Gasteiger charge is 2.07. The molecule has 0 heterocycles. The van der Waals surface area contributed by atoms with Crippen LogP contribution in [0.15, 0.2) is 47.5 Å². The van der Waals surface area contributed by atoms with E-state index in [4.69, 9.17) is 14.2 Å². The summed E-state index contributed by atoms with van der Waals surface area (Å²) < 4.78 is 16.6. The average Bonchev–Trinajstić information content (AvgIpc) is 2.70. The van der Waals surface area contributed by atoms with Crippen LogP contribution in [0.3, 0.4) is 0 Å². The number of guanidine groups is 1. The fourth-order valence-corrected chi connectivity index (χ4v) is 2.63. The van der Waals surface area contributed by atoms with Crippen LogP contribution in [0.5, 0.6) is 17.2 Å². The summed E-state index contributed by atoms with van der Waals surface area (Å²) >= 11 is 0. The predicted molar refractivity (Wildman–Crippen MR) is 109 cm³/mol. The standard InChI is InChI=1S/C21H29N3O3/c1-5-26-18-10-8-7-9-17(18)15-24-21(22-3)23-14-16-11-12-19(25-4)20(13-16)27-6-2/h7-13H,5-6,14-15H2,1-4H3,(H2,22,23,24). The van der Waals surface area contributed by atoms with Gasteiger partial charge in [0.05, 0.1) is 20.3 Å². The molecule has 0 aliphatic heterocycles. The maximum Gasteiger partial charge on any atom is 0.191 e. The molecule has 0 spiro atoms. The van der Waals surface area contributed by atoms with E-state index in [9.17, 15) is 0 Å². The van der Waals surface area contributed by atoms with Crippen molar-refractivity contribution in [3.8, 4) is 17.2 Å². The first-order valence-electron chi connectivity index (χ1n) is 9.16. The molecular weight excluding hydrogens is 342 g/mol. The molecule has 0 fully saturated rings. The minimum absolute atomic E-state index is 0.593. The van der Waals surface area contributed by atoms with Gasteiger partial charge in [-0.2, -0.15) is 0 Å². The maximum absolute atomic E-state index is 5.66. The van der Waals surface area contributed by atoms with Crippen LogP contribution in [0.25, 0.3) is 0 Å². The van der Waals surface area contributed by atoms with Gasteiger partial charge in [-0.1, -0.05) is 24.3 Å². The molecule has 146 valence electrons. The Hall–Kier alpha value is -2.89. The lowest BCUT2D eigenvalue weighted by molar-refractivity contribution is 0.310. The summed E-state index contributed by atoms with van der Waals surface area (Å²) in [7, 11) is 3.39. The lowest BCUT2D eigenvalue weighted by atomic mass is 10.2. The molecule has 0 saturated heterocycles. The second-order valence-corrected chi connectivity index (χ2v) is 5.74. The van der Waals surface area contributed by atoms with Crippen molar-refractivity contribution in [1.82, 2.24) is 10.6 Å². The van der Waals surface area contributed by atoms with E-state index in [1.165, 1.54) is 0 Å². The summed E-state index contributed by atoms with van der Waals surface area (Å²) in [6, 6.07) is 13.9. The topological polar surface area (TPSA) is 64.1 Å². The van der Waals surface area contributed by atoms with Gasteiger partial charge in [0.1, 0.15) is 5.75 Å². The molecule has 2 N–H and O–H groups in total. The van der Waals surface area contributed by atoms with E-state index in [1.54, 1.807) is 14.2 Å². The first kappa shape index (κ1) is 20.4. The highest BCUT2D eigenvalue weighted by Crippen LogP contribution is 2.28. The van der Waals surface area contributed by atoms with Crippen LogP contribution in [-0.2, 0) is 13.1 Å². The van der Waals surface area contributed by atoms with Crippen LogP contribution < -0.4 is 24.8 Å². The summed E-state index contributed by atoms with van der Waals surface area (Å²) in [5, 5.41) is 6.64. The molecule has 0 amide bonds. The second-order valence-electron chi connectivity index (χ2n) is 5.74. The quantitative estimate of drug-likeness (QED) is 0.523. The first-order valence-corrected chi connectivity index (χ1v) is 9.16. The van der Waals surface area contributed by atoms with Crippen molar-refractivity contribution >= 4 is 5.96 Å². The zero-order chi connectivity index (χ0) is 19.5. The van der Waals surface area contributed by atoms with Crippen LogP contribution in [0.2, 0.25) is 0 Å². The molecular formula is C21H29N3O3. The number of methoxy groups -OCH3 is 1. The molecule has 0 aliphatic carbocycles. The zero-order valence-electron chi connectivity index (χ0n) is 16.5. The third kappa shape index (κ3) is 6.09. The molecule has 2 aromatic carbocycles. The molecule has 27 heavy (non-hydrogen) atoms. The van der Waals surface area contributed by atoms with Gasteiger partial charge in [-0.25, -0.2) is 0 Å². The SMILES string of the molecule is CCOc1ccccc1CNC(=NC)NCc1ccc(OC)c(OCC)c1. The van der Waals surface area contributed by atoms with E-state index in [1.807, 2.05) is 56.3 Å². The summed E-state index contributed by atoms with van der Waals surface area (Å²) in [5.41, 5.74) is 2.17. The van der Waals surface area contributed by atoms with Crippen molar-refractivity contribution in [2.75, 3.05) is 27.4 Å². The number of rotatable bonds is 9. The summed E-state index contributed by atoms with van der Waals surface area (Å²) in [5.74, 6) is 3.08. The van der Waals surface area contributed by atoms with E-state index in [0.29, 0.717) is 26.3 Å². The van der Waals surface area contributed by atoms with Crippen molar-refractivity contribution < 1.29 is 14.2 Å². The van der Waals surface area contributed by atoms with Crippen LogP contribution >= 0.6 is 0 Å². The third-order valence-corrected chi connectivity index (χ3v) is 3.93. The summed E-state index contributed by atoms with van der Waals surface area (Å²) in [4.78, 5) is 4.28. The molecule has 0 aromatic heterocycles. The number of nitrogens with zero attached hydrogens (tertiary/aromatic N) is 1. The van der Waals surface area contributed by atoms with E-state index in [0.717, 1.165) is 34.3 Å². The number of aliphatic imine (C=N–C) groups is 1. The summed E-state index contributed by atoms with van der Waals surface area (Å²) in [6.45, 7) is 6.42. The summed E-state index contributed by atoms with van der Waals surface area (Å²) in [6.07, 6.45) is 0. The smallest absolute Gasteiger partial charge is 0.191 e. The van der Waals surface area contributed by atoms with Gasteiger partial charge in [0.2, 0.25) is 0 Å². The van der Waals surface area contributed by atoms with Crippen molar-refractivity contribution in [3.63, 3.8) is 0 Å². The molecule has 0 atom stereocenters. The number of nitrogens with one attached hydrogen (secondary N) is 2. The molecule has 6 heteroatoms.